The van der Waals surface area contributed by atoms with Crippen molar-refractivity contribution in [1.82, 2.24) is 15.5 Å². The lowest BCUT2D eigenvalue weighted by molar-refractivity contribution is -0.121. The molecule has 1 aromatic heterocycles. The van der Waals surface area contributed by atoms with E-state index in [0.29, 0.717) is 19.7 Å². The largest absolute Gasteiger partial charge is 0.450 e. The van der Waals surface area contributed by atoms with Crippen LogP contribution in [0.25, 0.3) is 0 Å². The normalized spacial score (nSPS) is 15.6. The molecule has 6 nitrogen and oxygen atoms in total. The molecule has 0 spiro atoms. The minimum atomic E-state index is -0.267. The fourth-order valence-electron chi connectivity index (χ4n) is 3.68. The van der Waals surface area contributed by atoms with Crippen molar-refractivity contribution in [2.75, 3.05) is 26.2 Å². The topological polar surface area (TPSA) is 70.7 Å². The molecule has 7 heteroatoms. The van der Waals surface area contributed by atoms with Crippen molar-refractivity contribution in [1.29, 1.82) is 0 Å². The molecule has 0 unspecified atom stereocenters. The minimum absolute atomic E-state index is 0.00711. The first-order valence-corrected chi connectivity index (χ1v) is 11.5. The molecule has 0 radical (unpaired) electrons. The lowest BCUT2D eigenvalue weighted by Gasteiger charge is -2.31. The van der Waals surface area contributed by atoms with Crippen molar-refractivity contribution in [2.45, 2.75) is 45.2 Å². The number of likely N-dealkylation sites (tertiary alicyclic amines) is 1. The Hall–Kier alpha value is -2.38. The fourth-order valence-corrected chi connectivity index (χ4v) is 4.51. The number of carbonyl (C=O) groups excluding carboxylic acids is 2. The second-order valence-electron chi connectivity index (χ2n) is 7.45. The van der Waals surface area contributed by atoms with Gasteiger partial charge in [0.05, 0.1) is 19.2 Å². The highest BCUT2D eigenvalue weighted by Gasteiger charge is 2.25. The Kier molecular flexibility index (Phi) is 8.28. The van der Waals surface area contributed by atoms with Crippen LogP contribution >= 0.6 is 11.3 Å². The minimum Gasteiger partial charge on any atom is -0.450 e. The molecule has 2 aromatic rings. The summed E-state index contributed by atoms with van der Waals surface area (Å²) in [4.78, 5) is 27.3. The van der Waals surface area contributed by atoms with Gasteiger partial charge < -0.3 is 15.0 Å². The van der Waals surface area contributed by atoms with E-state index in [2.05, 4.69) is 53.3 Å². The summed E-state index contributed by atoms with van der Waals surface area (Å²) in [5, 5.41) is 8.58. The van der Waals surface area contributed by atoms with Crippen LogP contribution in [0.3, 0.4) is 0 Å². The second-order valence-corrected chi connectivity index (χ2v) is 8.43. The average Bonchev–Trinajstić information content (AvgIpc) is 3.29. The highest BCUT2D eigenvalue weighted by atomic mass is 32.1. The number of amides is 2. The zero-order valence-corrected chi connectivity index (χ0v) is 18.5. The second kappa shape index (κ2) is 11.1. The van der Waals surface area contributed by atoms with Crippen LogP contribution in [0.15, 0.2) is 41.8 Å². The Bertz CT molecular complexity index is 800. The van der Waals surface area contributed by atoms with E-state index in [1.807, 2.05) is 6.07 Å². The van der Waals surface area contributed by atoms with Crippen molar-refractivity contribution in [3.8, 4) is 0 Å². The summed E-state index contributed by atoms with van der Waals surface area (Å²) in [5.41, 5.74) is 2.46. The standard InChI is InChI=1S/C23H31N3O3S/c1-3-17-7-9-18(10-8-17)22(20-6-5-15-30-20)24-16-21(27)25-19-11-13-26(14-12-19)23(28)29-4-2/h5-10,15,19,22,24H,3-4,11-14,16H2,1-2H3,(H,25,27)/t22-/m1/s1. The van der Waals surface area contributed by atoms with Gasteiger partial charge in [0.25, 0.3) is 0 Å². The van der Waals surface area contributed by atoms with Gasteiger partial charge in [-0.25, -0.2) is 4.79 Å². The van der Waals surface area contributed by atoms with Gasteiger partial charge >= 0.3 is 6.09 Å². The molecule has 1 saturated heterocycles. The number of aryl methyl sites for hydroxylation is 1. The molecule has 2 amide bonds. The zero-order chi connectivity index (χ0) is 21.3. The number of hydrogen-bond acceptors (Lipinski definition) is 5. The Morgan fingerprint density at radius 2 is 1.90 bits per heavy atom. The number of thiophene rings is 1. The van der Waals surface area contributed by atoms with Gasteiger partial charge in [0, 0.05) is 24.0 Å². The van der Waals surface area contributed by atoms with E-state index >= 15 is 0 Å². The number of hydrogen-bond donors (Lipinski definition) is 2. The van der Waals surface area contributed by atoms with E-state index in [-0.39, 0.29) is 30.6 Å². The van der Waals surface area contributed by atoms with Crippen LogP contribution in [0.5, 0.6) is 0 Å². The fraction of sp³-hybridized carbons (Fsp3) is 0.478. The van der Waals surface area contributed by atoms with Crippen molar-refractivity contribution < 1.29 is 14.3 Å². The van der Waals surface area contributed by atoms with Crippen LogP contribution in [0, 0.1) is 0 Å². The van der Waals surface area contributed by atoms with Crippen LogP contribution in [0.4, 0.5) is 4.79 Å². The molecule has 0 saturated carbocycles. The maximum Gasteiger partial charge on any atom is 0.409 e. The monoisotopic (exact) mass is 429 g/mol. The highest BCUT2D eigenvalue weighted by Crippen LogP contribution is 2.26. The predicted octanol–water partition coefficient (Wildman–Crippen LogP) is 3.73. The van der Waals surface area contributed by atoms with E-state index in [0.717, 1.165) is 24.8 Å². The molecule has 2 N–H and O–H groups in total. The maximum absolute atomic E-state index is 12.6. The summed E-state index contributed by atoms with van der Waals surface area (Å²) in [7, 11) is 0. The Morgan fingerprint density at radius 3 is 2.50 bits per heavy atom. The number of ether oxygens (including phenoxy) is 1. The van der Waals surface area contributed by atoms with Gasteiger partial charge in [-0.05, 0) is 48.8 Å². The molecule has 1 aliphatic rings. The van der Waals surface area contributed by atoms with Crippen molar-refractivity contribution in [3.63, 3.8) is 0 Å². The maximum atomic E-state index is 12.6. The van der Waals surface area contributed by atoms with Crippen LogP contribution in [0.2, 0.25) is 0 Å². The van der Waals surface area contributed by atoms with Crippen LogP contribution in [-0.2, 0) is 16.0 Å². The average molecular weight is 430 g/mol. The number of nitrogens with one attached hydrogen (secondary N) is 2. The lowest BCUT2D eigenvalue weighted by Crippen LogP contribution is -2.48. The van der Waals surface area contributed by atoms with Crippen LogP contribution in [-0.4, -0.2) is 49.2 Å². The van der Waals surface area contributed by atoms with Gasteiger partial charge in [-0.2, -0.15) is 0 Å². The molecule has 1 fully saturated rings. The first-order valence-electron chi connectivity index (χ1n) is 10.7. The summed E-state index contributed by atoms with van der Waals surface area (Å²) in [6.45, 7) is 5.80. The van der Waals surface area contributed by atoms with Gasteiger partial charge in [-0.3, -0.25) is 10.1 Å². The summed E-state index contributed by atoms with van der Waals surface area (Å²) >= 11 is 1.69. The highest BCUT2D eigenvalue weighted by molar-refractivity contribution is 7.10. The number of nitrogens with zero attached hydrogens (tertiary/aromatic N) is 1. The molecule has 162 valence electrons. The summed E-state index contributed by atoms with van der Waals surface area (Å²) in [5.74, 6) is -0.0173. The third kappa shape index (κ3) is 6.06. The van der Waals surface area contributed by atoms with Gasteiger partial charge in [-0.15, -0.1) is 11.3 Å². The van der Waals surface area contributed by atoms with Crippen molar-refractivity contribution in [2.24, 2.45) is 0 Å². The number of carbonyl (C=O) groups is 2. The van der Waals surface area contributed by atoms with Gasteiger partial charge in [0.1, 0.15) is 0 Å². The Balaban J connectivity index is 1.52. The van der Waals surface area contributed by atoms with E-state index in [1.54, 1.807) is 23.2 Å². The SMILES string of the molecule is CCOC(=O)N1CCC(NC(=O)CN[C@H](c2ccc(CC)cc2)c2cccs2)CC1. The molecule has 30 heavy (non-hydrogen) atoms. The third-order valence-electron chi connectivity index (χ3n) is 5.40. The van der Waals surface area contributed by atoms with Gasteiger partial charge in [-0.1, -0.05) is 37.3 Å². The quantitative estimate of drug-likeness (QED) is 0.671. The summed E-state index contributed by atoms with van der Waals surface area (Å²) in [6.07, 6.45) is 2.24. The number of piperidine rings is 1. The zero-order valence-electron chi connectivity index (χ0n) is 17.7. The smallest absolute Gasteiger partial charge is 0.409 e. The number of benzene rings is 1. The summed E-state index contributed by atoms with van der Waals surface area (Å²) in [6, 6.07) is 12.8. The molecular formula is C23H31N3O3S. The van der Waals surface area contributed by atoms with E-state index in [9.17, 15) is 9.59 Å². The van der Waals surface area contributed by atoms with E-state index in [4.69, 9.17) is 4.74 Å². The molecule has 1 aliphatic heterocycles. The lowest BCUT2D eigenvalue weighted by atomic mass is 10.0. The van der Waals surface area contributed by atoms with Gasteiger partial charge in [0.2, 0.25) is 5.91 Å². The van der Waals surface area contributed by atoms with Crippen LogP contribution < -0.4 is 10.6 Å². The molecule has 1 aromatic carbocycles. The third-order valence-corrected chi connectivity index (χ3v) is 6.34. The molecular weight excluding hydrogens is 398 g/mol. The molecule has 1 atom stereocenters. The van der Waals surface area contributed by atoms with Crippen LogP contribution in [0.1, 0.15) is 48.7 Å². The van der Waals surface area contributed by atoms with E-state index < -0.39 is 0 Å². The number of rotatable bonds is 8. The first kappa shape index (κ1) is 22.3. The molecule has 3 rings (SSSR count). The van der Waals surface area contributed by atoms with E-state index in [1.165, 1.54) is 10.4 Å². The Morgan fingerprint density at radius 1 is 1.17 bits per heavy atom. The Labute approximate surface area is 182 Å². The van der Waals surface area contributed by atoms with Crippen molar-refractivity contribution in [3.05, 3.63) is 57.8 Å². The van der Waals surface area contributed by atoms with Crippen molar-refractivity contribution >= 4 is 23.3 Å². The first-order chi connectivity index (χ1) is 14.6. The molecule has 0 aliphatic carbocycles. The predicted molar refractivity (Wildman–Crippen MR) is 120 cm³/mol. The van der Waals surface area contributed by atoms with Gasteiger partial charge in [0.15, 0.2) is 0 Å². The molecule has 2 heterocycles. The summed E-state index contributed by atoms with van der Waals surface area (Å²) < 4.78 is 5.05. The molecule has 0 bridgehead atoms.